The number of carboxylic acids is 1. The molecule has 2 rings (SSSR count). The predicted molar refractivity (Wildman–Crippen MR) is 66.3 cm³/mol. The van der Waals surface area contributed by atoms with E-state index in [1.54, 1.807) is 4.90 Å². The molecule has 1 fully saturated rings. The van der Waals surface area contributed by atoms with Gasteiger partial charge in [-0.15, -0.1) is 0 Å². The van der Waals surface area contributed by atoms with Crippen LogP contribution >= 0.6 is 11.6 Å². The minimum Gasteiger partial charge on any atom is -0.481 e. The van der Waals surface area contributed by atoms with Crippen molar-refractivity contribution in [1.29, 1.82) is 0 Å². The summed E-state index contributed by atoms with van der Waals surface area (Å²) in [5, 5.41) is 19.7. The molecule has 0 saturated carbocycles. The number of aliphatic carboxylic acids is 1. The van der Waals surface area contributed by atoms with Crippen LogP contribution in [0.2, 0.25) is 5.28 Å². The van der Waals surface area contributed by atoms with Gasteiger partial charge in [-0.3, -0.25) is 14.9 Å². The summed E-state index contributed by atoms with van der Waals surface area (Å²) in [6, 6.07) is -0.304. The van der Waals surface area contributed by atoms with Crippen LogP contribution in [0.4, 0.5) is 11.5 Å². The van der Waals surface area contributed by atoms with E-state index in [0.717, 1.165) is 12.6 Å². The maximum absolute atomic E-state index is 11.0. The third kappa shape index (κ3) is 2.90. The molecular weight excluding hydrogens is 276 g/mol. The molecule has 1 aromatic rings. The highest BCUT2D eigenvalue weighted by Crippen LogP contribution is 2.32. The average molecular weight is 287 g/mol. The number of nitro groups is 1. The zero-order chi connectivity index (χ0) is 14.0. The fourth-order valence-electron chi connectivity index (χ4n) is 2.21. The second-order valence-electron chi connectivity index (χ2n) is 4.19. The number of nitrogens with zero attached hydrogens (tertiary/aromatic N) is 4. The molecule has 0 aromatic carbocycles. The van der Waals surface area contributed by atoms with Crippen LogP contribution in [0.25, 0.3) is 0 Å². The zero-order valence-electron chi connectivity index (χ0n) is 9.82. The third-order valence-electron chi connectivity index (χ3n) is 2.98. The van der Waals surface area contributed by atoms with Crippen LogP contribution < -0.4 is 4.90 Å². The van der Waals surface area contributed by atoms with E-state index in [9.17, 15) is 14.9 Å². The van der Waals surface area contributed by atoms with E-state index < -0.39 is 10.9 Å². The Morgan fingerprint density at radius 2 is 2.42 bits per heavy atom. The number of hydrogen-bond donors (Lipinski definition) is 1. The van der Waals surface area contributed by atoms with Crippen LogP contribution in [0, 0.1) is 10.1 Å². The Labute approximate surface area is 113 Å². The molecule has 1 aliphatic rings. The lowest BCUT2D eigenvalue weighted by molar-refractivity contribution is -0.384. The SMILES string of the molecule is O=C(O)CC1CCCN1c1nc(Cl)ncc1[N+](=O)[O-]. The van der Waals surface area contributed by atoms with E-state index >= 15 is 0 Å². The fraction of sp³-hybridized carbons (Fsp3) is 0.500. The van der Waals surface area contributed by atoms with Crippen LogP contribution in [-0.2, 0) is 4.79 Å². The number of carboxylic acid groups (broad SMARTS) is 1. The molecule has 1 aliphatic heterocycles. The van der Waals surface area contributed by atoms with Gasteiger partial charge in [0, 0.05) is 12.6 Å². The van der Waals surface area contributed by atoms with E-state index in [1.165, 1.54) is 0 Å². The highest BCUT2D eigenvalue weighted by Gasteiger charge is 2.32. The van der Waals surface area contributed by atoms with Crippen molar-refractivity contribution in [3.05, 3.63) is 21.6 Å². The molecule has 0 aliphatic carbocycles. The second kappa shape index (κ2) is 5.35. The quantitative estimate of drug-likeness (QED) is 0.507. The molecule has 0 bridgehead atoms. The van der Waals surface area contributed by atoms with Crippen molar-refractivity contribution < 1.29 is 14.8 Å². The Hall–Kier alpha value is -1.96. The molecule has 8 nitrogen and oxygen atoms in total. The summed E-state index contributed by atoms with van der Waals surface area (Å²) in [5.74, 6) is -0.853. The fourth-order valence-corrected chi connectivity index (χ4v) is 2.34. The van der Waals surface area contributed by atoms with E-state index in [0.29, 0.717) is 13.0 Å². The third-order valence-corrected chi connectivity index (χ3v) is 3.16. The Balaban J connectivity index is 2.36. The summed E-state index contributed by atoms with van der Waals surface area (Å²) in [7, 11) is 0. The van der Waals surface area contributed by atoms with Gasteiger partial charge in [0.05, 0.1) is 11.3 Å². The first-order valence-corrected chi connectivity index (χ1v) is 6.02. The summed E-state index contributed by atoms with van der Waals surface area (Å²) in [4.78, 5) is 30.3. The minimum absolute atomic E-state index is 0.0845. The molecule has 1 N–H and O–H groups in total. The number of carbonyl (C=O) groups is 1. The first-order valence-electron chi connectivity index (χ1n) is 5.64. The van der Waals surface area contributed by atoms with Gasteiger partial charge in [0.15, 0.2) is 0 Å². The summed E-state index contributed by atoms with van der Waals surface area (Å²) >= 11 is 5.67. The van der Waals surface area contributed by atoms with E-state index in [4.69, 9.17) is 16.7 Å². The molecule has 1 atom stereocenters. The lowest BCUT2D eigenvalue weighted by Gasteiger charge is -2.23. The molecule has 2 heterocycles. The van der Waals surface area contributed by atoms with Crippen molar-refractivity contribution >= 4 is 29.1 Å². The normalized spacial score (nSPS) is 18.6. The summed E-state index contributed by atoms with van der Waals surface area (Å²) in [6.45, 7) is 0.520. The largest absolute Gasteiger partial charge is 0.481 e. The smallest absolute Gasteiger partial charge is 0.329 e. The van der Waals surface area contributed by atoms with Gasteiger partial charge < -0.3 is 10.0 Å². The molecular formula is C10H11ClN4O4. The van der Waals surface area contributed by atoms with Crippen LogP contribution in [0.5, 0.6) is 0 Å². The number of aromatic nitrogens is 2. The molecule has 9 heteroatoms. The van der Waals surface area contributed by atoms with Crippen molar-refractivity contribution in [2.24, 2.45) is 0 Å². The molecule has 1 unspecified atom stereocenters. The predicted octanol–water partition coefficient (Wildman–Crippen LogP) is 1.48. The molecule has 1 aromatic heterocycles. The standard InChI is InChI=1S/C10H11ClN4O4/c11-10-12-5-7(15(18)19)9(13-10)14-3-1-2-6(14)4-8(16)17/h5-6H,1-4H2,(H,16,17). The van der Waals surface area contributed by atoms with Crippen LogP contribution in [0.3, 0.4) is 0 Å². The molecule has 0 radical (unpaired) electrons. The van der Waals surface area contributed by atoms with Gasteiger partial charge in [0.2, 0.25) is 11.1 Å². The van der Waals surface area contributed by atoms with Crippen molar-refractivity contribution in [3.8, 4) is 0 Å². The van der Waals surface area contributed by atoms with Gasteiger partial charge in [-0.25, -0.2) is 4.98 Å². The Kier molecular flexibility index (Phi) is 3.79. The van der Waals surface area contributed by atoms with Gasteiger partial charge in [-0.05, 0) is 24.4 Å². The molecule has 102 valence electrons. The van der Waals surface area contributed by atoms with Gasteiger partial charge in [0.25, 0.3) is 0 Å². The lowest BCUT2D eigenvalue weighted by Crippen LogP contribution is -2.32. The molecule has 0 spiro atoms. The first kappa shape index (κ1) is 13.5. The number of rotatable bonds is 4. The highest BCUT2D eigenvalue weighted by atomic mass is 35.5. The molecule has 1 saturated heterocycles. The van der Waals surface area contributed by atoms with Gasteiger partial charge in [-0.2, -0.15) is 4.98 Å². The summed E-state index contributed by atoms with van der Waals surface area (Å²) in [5.41, 5.74) is -0.262. The minimum atomic E-state index is -0.945. The number of halogens is 1. The van der Waals surface area contributed by atoms with Crippen molar-refractivity contribution in [2.45, 2.75) is 25.3 Å². The topological polar surface area (TPSA) is 109 Å². The van der Waals surface area contributed by atoms with Gasteiger partial charge >= 0.3 is 11.7 Å². The van der Waals surface area contributed by atoms with E-state index in [1.807, 2.05) is 0 Å². The van der Waals surface area contributed by atoms with E-state index in [-0.39, 0.29) is 29.3 Å². The number of anilines is 1. The van der Waals surface area contributed by atoms with Gasteiger partial charge in [-0.1, -0.05) is 0 Å². The monoisotopic (exact) mass is 286 g/mol. The first-order chi connectivity index (χ1) is 8.99. The van der Waals surface area contributed by atoms with Crippen LogP contribution in [0.1, 0.15) is 19.3 Å². The Morgan fingerprint density at radius 3 is 3.05 bits per heavy atom. The van der Waals surface area contributed by atoms with Crippen LogP contribution in [0.15, 0.2) is 6.20 Å². The lowest BCUT2D eigenvalue weighted by atomic mass is 10.1. The summed E-state index contributed by atoms with van der Waals surface area (Å²) in [6.07, 6.45) is 2.38. The average Bonchev–Trinajstić information content (AvgIpc) is 2.75. The van der Waals surface area contributed by atoms with Crippen molar-refractivity contribution in [1.82, 2.24) is 9.97 Å². The van der Waals surface area contributed by atoms with Crippen molar-refractivity contribution in [3.63, 3.8) is 0 Å². The maximum Gasteiger partial charge on any atom is 0.329 e. The second-order valence-corrected chi connectivity index (χ2v) is 4.53. The highest BCUT2D eigenvalue weighted by molar-refractivity contribution is 6.28. The summed E-state index contributed by atoms with van der Waals surface area (Å²) < 4.78 is 0. The van der Waals surface area contributed by atoms with E-state index in [2.05, 4.69) is 9.97 Å². The van der Waals surface area contributed by atoms with Gasteiger partial charge in [0.1, 0.15) is 6.20 Å². The number of hydrogen-bond acceptors (Lipinski definition) is 6. The molecule has 0 amide bonds. The van der Waals surface area contributed by atoms with Crippen LogP contribution in [-0.4, -0.2) is 38.6 Å². The Morgan fingerprint density at radius 1 is 1.68 bits per heavy atom. The zero-order valence-corrected chi connectivity index (χ0v) is 10.6. The molecule has 19 heavy (non-hydrogen) atoms. The van der Waals surface area contributed by atoms with Crippen molar-refractivity contribution in [2.75, 3.05) is 11.4 Å². The maximum atomic E-state index is 11.0. The Bertz CT molecular complexity index is 524.